The van der Waals surface area contributed by atoms with E-state index in [1.807, 2.05) is 18.3 Å². The van der Waals surface area contributed by atoms with Crippen molar-refractivity contribution in [1.82, 2.24) is 20.4 Å². The molecule has 0 fully saturated rings. The summed E-state index contributed by atoms with van der Waals surface area (Å²) in [4.78, 5) is 7.40. The van der Waals surface area contributed by atoms with Crippen LogP contribution in [0.3, 0.4) is 0 Å². The minimum Gasteiger partial charge on any atom is -0.359 e. The second-order valence-corrected chi connectivity index (χ2v) is 3.75. The molecule has 16 heavy (non-hydrogen) atoms. The molecule has 5 nitrogen and oxygen atoms in total. The fraction of sp³-hybridized carbons (Fsp3) is 0.455. The van der Waals surface area contributed by atoms with Gasteiger partial charge in [-0.05, 0) is 18.7 Å². The Hall–Kier alpha value is -1.62. The van der Waals surface area contributed by atoms with E-state index in [0.717, 1.165) is 18.8 Å². The molecule has 2 aromatic heterocycles. The zero-order chi connectivity index (χ0) is 11.4. The lowest BCUT2D eigenvalue weighted by molar-refractivity contribution is 0.355. The standard InChI is InChI=1S/C11H16N4O/c1-3-12-7-8(2)11-14-10(15-16-11)9-5-4-6-13-9/h4-6,8,12-13H,3,7H2,1-2H3. The minimum atomic E-state index is 0.233. The second-order valence-electron chi connectivity index (χ2n) is 3.75. The summed E-state index contributed by atoms with van der Waals surface area (Å²) in [5.41, 5.74) is 0.880. The van der Waals surface area contributed by atoms with Gasteiger partial charge < -0.3 is 14.8 Å². The smallest absolute Gasteiger partial charge is 0.231 e. The van der Waals surface area contributed by atoms with Crippen molar-refractivity contribution in [2.45, 2.75) is 19.8 Å². The summed E-state index contributed by atoms with van der Waals surface area (Å²) in [5.74, 6) is 1.52. The molecule has 0 aromatic carbocycles. The first-order chi connectivity index (χ1) is 7.81. The van der Waals surface area contributed by atoms with Crippen molar-refractivity contribution in [3.05, 3.63) is 24.2 Å². The van der Waals surface area contributed by atoms with Crippen LogP contribution in [0.2, 0.25) is 0 Å². The van der Waals surface area contributed by atoms with Gasteiger partial charge in [0.05, 0.1) is 5.69 Å². The van der Waals surface area contributed by atoms with Crippen LogP contribution in [0, 0.1) is 0 Å². The van der Waals surface area contributed by atoms with Crippen LogP contribution in [-0.4, -0.2) is 28.2 Å². The van der Waals surface area contributed by atoms with Crippen LogP contribution < -0.4 is 5.32 Å². The third-order valence-electron chi connectivity index (χ3n) is 2.40. The molecule has 2 aromatic rings. The van der Waals surface area contributed by atoms with Crippen LogP contribution in [0.15, 0.2) is 22.9 Å². The number of nitrogens with zero attached hydrogens (tertiary/aromatic N) is 2. The van der Waals surface area contributed by atoms with Gasteiger partial charge in [0.15, 0.2) is 0 Å². The van der Waals surface area contributed by atoms with E-state index >= 15 is 0 Å². The van der Waals surface area contributed by atoms with Crippen LogP contribution in [0.4, 0.5) is 0 Å². The van der Waals surface area contributed by atoms with Crippen LogP contribution in [0.1, 0.15) is 25.7 Å². The molecule has 0 aliphatic carbocycles. The predicted molar refractivity (Wildman–Crippen MR) is 61.0 cm³/mol. The van der Waals surface area contributed by atoms with E-state index in [1.165, 1.54) is 0 Å². The highest BCUT2D eigenvalue weighted by atomic mass is 16.5. The summed E-state index contributed by atoms with van der Waals surface area (Å²) in [6.07, 6.45) is 1.84. The Morgan fingerprint density at radius 1 is 1.56 bits per heavy atom. The van der Waals surface area contributed by atoms with Gasteiger partial charge in [0, 0.05) is 18.7 Å². The van der Waals surface area contributed by atoms with Gasteiger partial charge in [-0.25, -0.2) is 0 Å². The van der Waals surface area contributed by atoms with Crippen LogP contribution in [-0.2, 0) is 0 Å². The van der Waals surface area contributed by atoms with E-state index in [1.54, 1.807) is 0 Å². The summed E-state index contributed by atoms with van der Waals surface area (Å²) in [7, 11) is 0. The largest absolute Gasteiger partial charge is 0.359 e. The molecule has 86 valence electrons. The molecule has 2 heterocycles. The summed E-state index contributed by atoms with van der Waals surface area (Å²) in [5, 5.41) is 7.20. The first-order valence-corrected chi connectivity index (χ1v) is 5.49. The molecule has 0 spiro atoms. The monoisotopic (exact) mass is 220 g/mol. The summed E-state index contributed by atoms with van der Waals surface area (Å²) >= 11 is 0. The van der Waals surface area contributed by atoms with Gasteiger partial charge in [0.25, 0.3) is 0 Å². The fourth-order valence-corrected chi connectivity index (χ4v) is 1.46. The van der Waals surface area contributed by atoms with Gasteiger partial charge in [-0.3, -0.25) is 0 Å². The maximum Gasteiger partial charge on any atom is 0.231 e. The molecule has 2 N–H and O–H groups in total. The molecule has 1 atom stereocenters. The first-order valence-electron chi connectivity index (χ1n) is 5.49. The van der Waals surface area contributed by atoms with E-state index < -0.39 is 0 Å². The van der Waals surface area contributed by atoms with Crippen molar-refractivity contribution < 1.29 is 4.52 Å². The Bertz CT molecular complexity index is 421. The van der Waals surface area contributed by atoms with Crippen molar-refractivity contribution in [3.8, 4) is 11.5 Å². The highest BCUT2D eigenvalue weighted by molar-refractivity contribution is 5.47. The molecule has 2 rings (SSSR count). The average Bonchev–Trinajstić information content (AvgIpc) is 2.94. The van der Waals surface area contributed by atoms with Crippen molar-refractivity contribution >= 4 is 0 Å². The lowest BCUT2D eigenvalue weighted by atomic mass is 10.2. The molecule has 0 amide bonds. The Kier molecular flexibility index (Phi) is 3.36. The Balaban J connectivity index is 2.07. The van der Waals surface area contributed by atoms with Gasteiger partial charge >= 0.3 is 0 Å². The molecule has 1 unspecified atom stereocenters. The van der Waals surface area contributed by atoms with Gasteiger partial charge in [-0.2, -0.15) is 4.98 Å². The van der Waals surface area contributed by atoms with Gasteiger partial charge in [0.1, 0.15) is 0 Å². The molecule has 0 aliphatic rings. The van der Waals surface area contributed by atoms with Crippen LogP contribution in [0.25, 0.3) is 11.5 Å². The van der Waals surface area contributed by atoms with Gasteiger partial charge in [0.2, 0.25) is 11.7 Å². The number of likely N-dealkylation sites (N-methyl/N-ethyl adjacent to an activating group) is 1. The molecule has 0 radical (unpaired) electrons. The Morgan fingerprint density at radius 2 is 2.44 bits per heavy atom. The number of rotatable bonds is 5. The van der Waals surface area contributed by atoms with E-state index in [-0.39, 0.29) is 5.92 Å². The number of hydrogen-bond donors (Lipinski definition) is 2. The molecule has 0 saturated carbocycles. The molecule has 0 bridgehead atoms. The highest BCUT2D eigenvalue weighted by Gasteiger charge is 2.14. The number of nitrogens with one attached hydrogen (secondary N) is 2. The minimum absolute atomic E-state index is 0.233. The number of aromatic amines is 1. The summed E-state index contributed by atoms with van der Waals surface area (Å²) < 4.78 is 5.23. The van der Waals surface area contributed by atoms with E-state index in [0.29, 0.717) is 11.7 Å². The number of H-pyrrole nitrogens is 1. The van der Waals surface area contributed by atoms with E-state index in [9.17, 15) is 0 Å². The van der Waals surface area contributed by atoms with E-state index in [2.05, 4.69) is 34.3 Å². The summed E-state index contributed by atoms with van der Waals surface area (Å²) in [6.45, 7) is 5.93. The second kappa shape index (κ2) is 4.94. The topological polar surface area (TPSA) is 66.7 Å². The van der Waals surface area contributed by atoms with Crippen LogP contribution >= 0.6 is 0 Å². The van der Waals surface area contributed by atoms with Gasteiger partial charge in [-0.1, -0.05) is 19.0 Å². The predicted octanol–water partition coefficient (Wildman–Crippen LogP) is 1.78. The zero-order valence-electron chi connectivity index (χ0n) is 9.53. The van der Waals surface area contributed by atoms with Crippen molar-refractivity contribution in [2.24, 2.45) is 0 Å². The molecule has 0 saturated heterocycles. The quantitative estimate of drug-likeness (QED) is 0.806. The van der Waals surface area contributed by atoms with Crippen molar-refractivity contribution in [3.63, 3.8) is 0 Å². The summed E-state index contributed by atoms with van der Waals surface area (Å²) in [6, 6.07) is 3.83. The Morgan fingerprint density at radius 3 is 3.12 bits per heavy atom. The maximum absolute atomic E-state index is 5.23. The van der Waals surface area contributed by atoms with Crippen LogP contribution in [0.5, 0.6) is 0 Å². The average molecular weight is 220 g/mol. The zero-order valence-corrected chi connectivity index (χ0v) is 9.53. The molecule has 5 heteroatoms. The van der Waals surface area contributed by atoms with Crippen molar-refractivity contribution in [2.75, 3.05) is 13.1 Å². The maximum atomic E-state index is 5.23. The lowest BCUT2D eigenvalue weighted by Crippen LogP contribution is -2.19. The normalized spacial score (nSPS) is 12.9. The Labute approximate surface area is 94.3 Å². The van der Waals surface area contributed by atoms with Crippen molar-refractivity contribution in [1.29, 1.82) is 0 Å². The van der Waals surface area contributed by atoms with Gasteiger partial charge in [-0.15, -0.1) is 0 Å². The van der Waals surface area contributed by atoms with E-state index in [4.69, 9.17) is 4.52 Å². The molecular formula is C11H16N4O. The number of aromatic nitrogens is 3. The molecule has 0 aliphatic heterocycles. The lowest BCUT2D eigenvalue weighted by Gasteiger charge is -2.05. The first kappa shape index (κ1) is 10.9. The third kappa shape index (κ3) is 2.30. The highest BCUT2D eigenvalue weighted by Crippen LogP contribution is 2.17. The SMILES string of the molecule is CCNCC(C)c1nc(-c2ccc[nH]2)no1. The third-order valence-corrected chi connectivity index (χ3v) is 2.40. The molecular weight excluding hydrogens is 204 g/mol. The number of hydrogen-bond acceptors (Lipinski definition) is 4. The fourth-order valence-electron chi connectivity index (χ4n) is 1.46.